The predicted octanol–water partition coefficient (Wildman–Crippen LogP) is 2.84. The smallest absolute Gasteiger partial charge is 0.173 e. The van der Waals surface area contributed by atoms with Crippen LogP contribution in [0.15, 0.2) is 6.07 Å². The van der Waals surface area contributed by atoms with Crippen molar-refractivity contribution in [2.45, 2.75) is 31.2 Å². The highest BCUT2D eigenvalue weighted by Crippen LogP contribution is 2.41. The predicted molar refractivity (Wildman–Crippen MR) is 57.2 cm³/mol. The number of halogens is 3. The Morgan fingerprint density at radius 3 is 2.29 bits per heavy atom. The van der Waals surface area contributed by atoms with Gasteiger partial charge < -0.3 is 10.5 Å². The number of ether oxygens (including phenoxy) is 1. The summed E-state index contributed by atoms with van der Waals surface area (Å²) < 4.78 is 45.8. The maximum absolute atomic E-state index is 14.0. The van der Waals surface area contributed by atoms with Gasteiger partial charge in [0.25, 0.3) is 0 Å². The van der Waals surface area contributed by atoms with E-state index in [0.717, 1.165) is 12.8 Å². The summed E-state index contributed by atoms with van der Waals surface area (Å²) in [4.78, 5) is 0. The lowest BCUT2D eigenvalue weighted by Gasteiger charge is -2.26. The Morgan fingerprint density at radius 2 is 1.76 bits per heavy atom. The van der Waals surface area contributed by atoms with Gasteiger partial charge in [-0.1, -0.05) is 12.8 Å². The fraction of sp³-hybridized carbons (Fsp3) is 0.500. The molecule has 0 unspecified atom stereocenters. The number of methoxy groups -OCH3 is 1. The minimum atomic E-state index is -1.20. The molecule has 1 fully saturated rings. The van der Waals surface area contributed by atoms with E-state index in [2.05, 4.69) is 4.74 Å². The minimum absolute atomic E-state index is 0.310. The molecule has 2 rings (SSSR count). The van der Waals surface area contributed by atoms with E-state index in [1.807, 2.05) is 0 Å². The first-order valence-corrected chi connectivity index (χ1v) is 5.50. The largest absolute Gasteiger partial charge is 0.494 e. The molecule has 1 aliphatic rings. The molecule has 0 saturated heterocycles. The monoisotopic (exact) mass is 245 g/mol. The van der Waals surface area contributed by atoms with Gasteiger partial charge in [-0.15, -0.1) is 0 Å². The van der Waals surface area contributed by atoms with Crippen LogP contribution >= 0.6 is 0 Å². The Kier molecular flexibility index (Phi) is 3.03. The highest BCUT2D eigenvalue weighted by atomic mass is 19.2. The van der Waals surface area contributed by atoms with Crippen LogP contribution in [0.2, 0.25) is 0 Å². The molecule has 0 aromatic heterocycles. The molecular weight excluding hydrogens is 231 g/mol. The lowest BCUT2D eigenvalue weighted by molar-refractivity contribution is 0.344. The molecule has 17 heavy (non-hydrogen) atoms. The molecule has 1 aromatic rings. The van der Waals surface area contributed by atoms with Crippen molar-refractivity contribution in [1.29, 1.82) is 0 Å². The summed E-state index contributed by atoms with van der Waals surface area (Å²) in [5, 5.41) is 0. The zero-order chi connectivity index (χ0) is 12.6. The molecular formula is C12H14F3NO. The minimum Gasteiger partial charge on any atom is -0.494 e. The quantitative estimate of drug-likeness (QED) is 0.813. The van der Waals surface area contributed by atoms with Crippen molar-refractivity contribution in [1.82, 2.24) is 0 Å². The summed E-state index contributed by atoms with van der Waals surface area (Å²) >= 11 is 0. The maximum atomic E-state index is 14.0. The third-order valence-electron chi connectivity index (χ3n) is 3.34. The van der Waals surface area contributed by atoms with Gasteiger partial charge in [0.15, 0.2) is 23.2 Å². The number of nitrogens with two attached hydrogens (primary N) is 1. The van der Waals surface area contributed by atoms with E-state index in [1.165, 1.54) is 7.11 Å². The van der Waals surface area contributed by atoms with E-state index in [4.69, 9.17) is 5.73 Å². The molecule has 1 saturated carbocycles. The molecule has 94 valence electrons. The Labute approximate surface area is 97.6 Å². The molecule has 0 radical (unpaired) electrons. The topological polar surface area (TPSA) is 35.2 Å². The molecule has 0 heterocycles. The molecule has 0 aliphatic heterocycles. The van der Waals surface area contributed by atoms with Crippen LogP contribution in [0.4, 0.5) is 13.2 Å². The zero-order valence-corrected chi connectivity index (χ0v) is 9.53. The van der Waals surface area contributed by atoms with E-state index in [9.17, 15) is 13.2 Å². The average molecular weight is 245 g/mol. The highest BCUT2D eigenvalue weighted by molar-refractivity contribution is 5.38. The van der Waals surface area contributed by atoms with Crippen LogP contribution in [0.3, 0.4) is 0 Å². The van der Waals surface area contributed by atoms with Crippen LogP contribution in [0.25, 0.3) is 0 Å². The molecule has 1 aliphatic carbocycles. The molecule has 5 heteroatoms. The van der Waals surface area contributed by atoms with Gasteiger partial charge in [-0.25, -0.2) is 13.2 Å². The SMILES string of the molecule is COc1cc(F)c(F)c(C2(N)CCCC2)c1F. The van der Waals surface area contributed by atoms with Crippen molar-refractivity contribution in [2.75, 3.05) is 7.11 Å². The van der Waals surface area contributed by atoms with Crippen LogP contribution in [-0.4, -0.2) is 7.11 Å². The first kappa shape index (κ1) is 12.2. The Bertz CT molecular complexity index is 442. The summed E-state index contributed by atoms with van der Waals surface area (Å²) in [5.74, 6) is -3.53. The normalized spacial score (nSPS) is 18.4. The Hall–Kier alpha value is -1.23. The van der Waals surface area contributed by atoms with Crippen molar-refractivity contribution in [2.24, 2.45) is 5.73 Å². The summed E-state index contributed by atoms with van der Waals surface area (Å²) in [6.45, 7) is 0. The summed E-state index contributed by atoms with van der Waals surface area (Å²) in [7, 11) is 1.21. The van der Waals surface area contributed by atoms with Crippen LogP contribution in [0.1, 0.15) is 31.2 Å². The lowest BCUT2D eigenvalue weighted by atomic mass is 9.88. The summed E-state index contributed by atoms with van der Waals surface area (Å²) in [6.07, 6.45) is 2.48. The molecule has 2 N–H and O–H groups in total. The highest BCUT2D eigenvalue weighted by Gasteiger charge is 2.38. The van der Waals surface area contributed by atoms with E-state index >= 15 is 0 Å². The molecule has 0 bridgehead atoms. The Balaban J connectivity index is 2.62. The van der Waals surface area contributed by atoms with E-state index in [0.29, 0.717) is 18.9 Å². The van der Waals surface area contributed by atoms with Crippen LogP contribution < -0.4 is 10.5 Å². The van der Waals surface area contributed by atoms with Crippen molar-refractivity contribution in [3.8, 4) is 5.75 Å². The van der Waals surface area contributed by atoms with Gasteiger partial charge in [0.1, 0.15) is 0 Å². The second-order valence-electron chi connectivity index (χ2n) is 4.43. The van der Waals surface area contributed by atoms with Crippen molar-refractivity contribution in [3.63, 3.8) is 0 Å². The van der Waals surface area contributed by atoms with E-state index in [1.54, 1.807) is 0 Å². The Morgan fingerprint density at radius 1 is 1.18 bits per heavy atom. The van der Waals surface area contributed by atoms with Crippen molar-refractivity contribution >= 4 is 0 Å². The first-order chi connectivity index (χ1) is 7.99. The lowest BCUT2D eigenvalue weighted by Crippen LogP contribution is -2.35. The number of rotatable bonds is 2. The van der Waals surface area contributed by atoms with Crippen LogP contribution in [0, 0.1) is 17.5 Å². The van der Waals surface area contributed by atoms with Gasteiger partial charge in [-0.2, -0.15) is 0 Å². The third kappa shape index (κ3) is 1.88. The number of hydrogen-bond acceptors (Lipinski definition) is 2. The maximum Gasteiger partial charge on any atom is 0.173 e. The standard InChI is InChI=1S/C12H14F3NO/c1-17-8-6-7(13)10(14)9(11(8)15)12(16)4-2-3-5-12/h6H,2-5,16H2,1H3. The van der Waals surface area contributed by atoms with E-state index in [-0.39, 0.29) is 11.3 Å². The van der Waals surface area contributed by atoms with Crippen molar-refractivity contribution in [3.05, 3.63) is 29.1 Å². The van der Waals surface area contributed by atoms with Gasteiger partial charge >= 0.3 is 0 Å². The third-order valence-corrected chi connectivity index (χ3v) is 3.34. The average Bonchev–Trinajstić information content (AvgIpc) is 2.71. The van der Waals surface area contributed by atoms with Crippen LogP contribution in [0.5, 0.6) is 5.75 Å². The van der Waals surface area contributed by atoms with Gasteiger partial charge in [-0.3, -0.25) is 0 Å². The van der Waals surface area contributed by atoms with Gasteiger partial charge in [-0.05, 0) is 12.8 Å². The first-order valence-electron chi connectivity index (χ1n) is 5.50. The molecule has 1 aromatic carbocycles. The molecule has 2 nitrogen and oxygen atoms in total. The molecule has 0 atom stereocenters. The zero-order valence-electron chi connectivity index (χ0n) is 9.53. The fourth-order valence-electron chi connectivity index (χ4n) is 2.42. The van der Waals surface area contributed by atoms with Gasteiger partial charge in [0.2, 0.25) is 0 Å². The van der Waals surface area contributed by atoms with Crippen LogP contribution in [-0.2, 0) is 5.54 Å². The number of benzene rings is 1. The molecule has 0 spiro atoms. The van der Waals surface area contributed by atoms with Gasteiger partial charge in [0, 0.05) is 11.6 Å². The molecule has 0 amide bonds. The number of hydrogen-bond donors (Lipinski definition) is 1. The van der Waals surface area contributed by atoms with Crippen molar-refractivity contribution < 1.29 is 17.9 Å². The van der Waals surface area contributed by atoms with Gasteiger partial charge in [0.05, 0.1) is 12.7 Å². The fourth-order valence-corrected chi connectivity index (χ4v) is 2.42. The second kappa shape index (κ2) is 4.22. The summed E-state index contributed by atoms with van der Waals surface area (Å²) in [6, 6.07) is 0.701. The van der Waals surface area contributed by atoms with E-state index < -0.39 is 23.0 Å². The summed E-state index contributed by atoms with van der Waals surface area (Å²) in [5.41, 5.74) is 4.47. The second-order valence-corrected chi connectivity index (χ2v) is 4.43.